The summed E-state index contributed by atoms with van der Waals surface area (Å²) >= 11 is 0. The first-order chi connectivity index (χ1) is 14.9. The number of hydrazine groups is 1. The Morgan fingerprint density at radius 2 is 1.19 bits per heavy atom. The van der Waals surface area contributed by atoms with Crippen molar-refractivity contribution in [3.8, 4) is 0 Å². The molecule has 2 amide bonds. The van der Waals surface area contributed by atoms with Crippen molar-refractivity contribution in [1.82, 2.24) is 0 Å². The number of benzene rings is 3. The van der Waals surface area contributed by atoms with E-state index in [4.69, 9.17) is 5.14 Å². The lowest BCUT2D eigenvalue weighted by molar-refractivity contribution is -0.124. The number of sulfonamides is 1. The predicted octanol–water partition coefficient (Wildman–Crippen LogP) is 2.65. The van der Waals surface area contributed by atoms with Crippen molar-refractivity contribution in [2.24, 2.45) is 16.0 Å². The number of anilines is 2. The van der Waals surface area contributed by atoms with Crippen LogP contribution in [0.1, 0.15) is 0 Å². The lowest BCUT2D eigenvalue weighted by Gasteiger charge is -2.27. The average Bonchev–Trinajstić information content (AvgIpc) is 3.03. The van der Waals surface area contributed by atoms with E-state index < -0.39 is 27.8 Å². The average molecular weight is 434 g/mol. The van der Waals surface area contributed by atoms with Gasteiger partial charge in [0, 0.05) is 6.21 Å². The number of hydrogen-bond acceptors (Lipinski definition) is 5. The maximum atomic E-state index is 13.2. The summed E-state index contributed by atoms with van der Waals surface area (Å²) in [6.45, 7) is 0. The molecule has 3 aromatic carbocycles. The van der Waals surface area contributed by atoms with E-state index in [9.17, 15) is 18.0 Å². The minimum atomic E-state index is -3.82. The van der Waals surface area contributed by atoms with Crippen LogP contribution >= 0.6 is 0 Å². The summed E-state index contributed by atoms with van der Waals surface area (Å²) in [5.41, 5.74) is 1.49. The monoisotopic (exact) mass is 434 g/mol. The van der Waals surface area contributed by atoms with Crippen LogP contribution in [0, 0.1) is 5.92 Å². The maximum absolute atomic E-state index is 13.2. The Labute approximate surface area is 179 Å². The third-order valence-corrected chi connectivity index (χ3v) is 5.62. The van der Waals surface area contributed by atoms with Gasteiger partial charge in [0.1, 0.15) is 0 Å². The van der Waals surface area contributed by atoms with E-state index in [1.165, 1.54) is 40.5 Å². The Morgan fingerprint density at radius 3 is 1.61 bits per heavy atom. The molecule has 0 unspecified atom stereocenters. The van der Waals surface area contributed by atoms with Crippen LogP contribution < -0.4 is 15.2 Å². The Morgan fingerprint density at radius 1 is 0.742 bits per heavy atom. The van der Waals surface area contributed by atoms with E-state index in [0.717, 1.165) is 0 Å². The zero-order chi connectivity index (χ0) is 22.0. The molecule has 3 aromatic rings. The van der Waals surface area contributed by atoms with Crippen molar-refractivity contribution in [3.63, 3.8) is 0 Å². The molecule has 0 aromatic heterocycles. The molecule has 1 fully saturated rings. The number of nitrogens with zero attached hydrogens (tertiary/aromatic N) is 3. The maximum Gasteiger partial charge on any atom is 0.264 e. The summed E-state index contributed by atoms with van der Waals surface area (Å²) in [4.78, 5) is 30.5. The normalized spacial score (nSPS) is 15.3. The third-order valence-electron chi connectivity index (χ3n) is 4.69. The molecular formula is C22H18N4O4S. The molecule has 4 rings (SSSR count). The van der Waals surface area contributed by atoms with E-state index in [1.807, 2.05) is 12.1 Å². The molecule has 1 heterocycles. The highest BCUT2D eigenvalue weighted by molar-refractivity contribution is 7.89. The lowest BCUT2D eigenvalue weighted by atomic mass is 10.1. The standard InChI is InChI=1S/C22H18N4O4S/c23-31(29,30)19-13-11-16(12-14-19)24-15-20-21(27)25(17-7-3-1-4-8-17)26(22(20)28)18-9-5-2-6-10-18/h1-15,20H,(H2,23,29,30). The molecule has 8 nitrogen and oxygen atoms in total. The van der Waals surface area contributed by atoms with Gasteiger partial charge < -0.3 is 0 Å². The van der Waals surface area contributed by atoms with E-state index in [0.29, 0.717) is 17.1 Å². The number of carbonyl (C=O) groups is 2. The largest absolute Gasteiger partial charge is 0.271 e. The van der Waals surface area contributed by atoms with E-state index in [2.05, 4.69) is 4.99 Å². The minimum absolute atomic E-state index is 0.0509. The van der Waals surface area contributed by atoms with Crippen LogP contribution in [0.3, 0.4) is 0 Å². The zero-order valence-corrected chi connectivity index (χ0v) is 17.0. The van der Waals surface area contributed by atoms with Gasteiger partial charge in [-0.3, -0.25) is 14.6 Å². The fourth-order valence-electron chi connectivity index (χ4n) is 3.20. The summed E-state index contributed by atoms with van der Waals surface area (Å²) in [6.07, 6.45) is 1.27. The molecule has 31 heavy (non-hydrogen) atoms. The highest BCUT2D eigenvalue weighted by Gasteiger charge is 2.46. The topological polar surface area (TPSA) is 113 Å². The summed E-state index contributed by atoms with van der Waals surface area (Å²) in [6, 6.07) is 23.3. The number of nitrogens with two attached hydrogens (primary N) is 1. The molecular weight excluding hydrogens is 416 g/mol. The highest BCUT2D eigenvalue weighted by atomic mass is 32.2. The first-order valence-corrected chi connectivity index (χ1v) is 10.9. The van der Waals surface area contributed by atoms with Crippen molar-refractivity contribution in [2.45, 2.75) is 4.90 Å². The van der Waals surface area contributed by atoms with Crippen LogP contribution in [-0.4, -0.2) is 26.4 Å². The minimum Gasteiger partial charge on any atom is -0.271 e. The van der Waals surface area contributed by atoms with Gasteiger partial charge in [0.2, 0.25) is 10.0 Å². The van der Waals surface area contributed by atoms with Crippen molar-refractivity contribution in [2.75, 3.05) is 10.0 Å². The van der Waals surface area contributed by atoms with E-state index in [-0.39, 0.29) is 4.90 Å². The highest BCUT2D eigenvalue weighted by Crippen LogP contribution is 2.31. The molecule has 2 N–H and O–H groups in total. The number of amides is 2. The second kappa shape index (κ2) is 8.13. The molecule has 156 valence electrons. The quantitative estimate of drug-likeness (QED) is 0.491. The van der Waals surface area contributed by atoms with Crippen LogP contribution in [0.4, 0.5) is 17.1 Å². The Kier molecular flexibility index (Phi) is 5.37. The van der Waals surface area contributed by atoms with Gasteiger partial charge in [0.15, 0.2) is 5.92 Å². The first kappa shape index (κ1) is 20.5. The Hall–Kier alpha value is -3.82. The molecule has 1 aliphatic heterocycles. The Balaban J connectivity index is 1.68. The Bertz CT molecular complexity index is 1190. The number of carbonyl (C=O) groups excluding carboxylic acids is 2. The summed E-state index contributed by atoms with van der Waals surface area (Å²) in [7, 11) is -3.82. The second-order valence-electron chi connectivity index (χ2n) is 6.77. The lowest BCUT2D eigenvalue weighted by Crippen LogP contribution is -2.41. The van der Waals surface area contributed by atoms with Crippen LogP contribution in [0.2, 0.25) is 0 Å². The van der Waals surface area contributed by atoms with Crippen molar-refractivity contribution < 1.29 is 18.0 Å². The van der Waals surface area contributed by atoms with Crippen LogP contribution in [0.5, 0.6) is 0 Å². The summed E-state index contributed by atoms with van der Waals surface area (Å²) in [5.74, 6) is -2.01. The van der Waals surface area contributed by atoms with Crippen LogP contribution in [0.15, 0.2) is 94.8 Å². The number of hydrogen-bond donors (Lipinski definition) is 1. The molecule has 0 spiro atoms. The molecule has 0 radical (unpaired) electrons. The van der Waals surface area contributed by atoms with Crippen molar-refractivity contribution in [1.29, 1.82) is 0 Å². The summed E-state index contributed by atoms with van der Waals surface area (Å²) < 4.78 is 22.8. The summed E-state index contributed by atoms with van der Waals surface area (Å²) in [5, 5.41) is 7.75. The fourth-order valence-corrected chi connectivity index (χ4v) is 3.72. The van der Waals surface area contributed by atoms with Gasteiger partial charge in [0.25, 0.3) is 11.8 Å². The van der Waals surface area contributed by atoms with Crippen molar-refractivity contribution in [3.05, 3.63) is 84.9 Å². The van der Waals surface area contributed by atoms with Crippen molar-refractivity contribution >= 4 is 45.1 Å². The molecule has 0 aliphatic carbocycles. The van der Waals surface area contributed by atoms with Gasteiger partial charge in [-0.15, -0.1) is 0 Å². The van der Waals surface area contributed by atoms with Gasteiger partial charge in [-0.2, -0.15) is 0 Å². The van der Waals surface area contributed by atoms with E-state index in [1.54, 1.807) is 48.5 Å². The molecule has 0 saturated carbocycles. The molecule has 1 aliphatic rings. The van der Waals surface area contributed by atoms with Gasteiger partial charge in [0.05, 0.1) is 22.0 Å². The SMILES string of the molecule is NS(=O)(=O)c1ccc(N=CC2C(=O)N(c3ccccc3)N(c3ccccc3)C2=O)cc1. The van der Waals surface area contributed by atoms with Crippen LogP contribution in [-0.2, 0) is 19.6 Å². The van der Waals surface area contributed by atoms with Gasteiger partial charge in [-0.1, -0.05) is 36.4 Å². The number of aliphatic imine (C=N–C) groups is 1. The van der Waals surface area contributed by atoms with Gasteiger partial charge >= 0.3 is 0 Å². The molecule has 1 saturated heterocycles. The fraction of sp³-hybridized carbons (Fsp3) is 0.0455. The van der Waals surface area contributed by atoms with E-state index >= 15 is 0 Å². The third kappa shape index (κ3) is 4.09. The molecule has 0 atom stereocenters. The molecule has 0 bridgehead atoms. The van der Waals surface area contributed by atoms with Gasteiger partial charge in [-0.05, 0) is 48.5 Å². The number of rotatable bonds is 5. The zero-order valence-electron chi connectivity index (χ0n) is 16.2. The number of para-hydroxylation sites is 2. The predicted molar refractivity (Wildman–Crippen MR) is 117 cm³/mol. The van der Waals surface area contributed by atoms with Gasteiger partial charge in [-0.25, -0.2) is 23.6 Å². The second-order valence-corrected chi connectivity index (χ2v) is 8.33. The smallest absolute Gasteiger partial charge is 0.264 e. The number of primary sulfonamides is 1. The molecule has 9 heteroatoms. The first-order valence-electron chi connectivity index (χ1n) is 9.31. The van der Waals surface area contributed by atoms with Crippen LogP contribution in [0.25, 0.3) is 0 Å².